The molecule has 1 aromatic rings. The Hall–Kier alpha value is -1.01. The molecule has 0 heterocycles. The van der Waals surface area contributed by atoms with Crippen molar-refractivity contribution in [2.75, 3.05) is 0 Å². The summed E-state index contributed by atoms with van der Waals surface area (Å²) in [5.41, 5.74) is 0.824. The molecule has 6 heteroatoms. The zero-order valence-corrected chi connectivity index (χ0v) is 11.8. The van der Waals surface area contributed by atoms with Crippen LogP contribution in [0.5, 0.6) is 0 Å². The molecule has 0 saturated heterocycles. The topological polar surface area (TPSA) is 35.4 Å². The van der Waals surface area contributed by atoms with Crippen LogP contribution in [0.4, 0.5) is 13.2 Å². The Morgan fingerprint density at radius 1 is 1.16 bits per heavy atom. The third-order valence-corrected chi connectivity index (χ3v) is 3.55. The van der Waals surface area contributed by atoms with Crippen molar-refractivity contribution in [2.24, 2.45) is 4.40 Å². The molecule has 0 fully saturated rings. The Morgan fingerprint density at radius 2 is 1.68 bits per heavy atom. The number of halogens is 3. The fourth-order valence-electron chi connectivity index (χ4n) is 1.22. The second kappa shape index (κ2) is 5.96. The minimum atomic E-state index is -4.21. The van der Waals surface area contributed by atoms with Gasteiger partial charge in [0, 0.05) is 0 Å². The van der Waals surface area contributed by atoms with Crippen LogP contribution >= 0.6 is 0 Å². The van der Waals surface area contributed by atoms with Crippen molar-refractivity contribution < 1.29 is 17.7 Å². The number of rotatable bonds is 3. The van der Waals surface area contributed by atoms with Crippen LogP contribution in [0.15, 0.2) is 28.7 Å². The fourth-order valence-corrected chi connectivity index (χ4v) is 1.75. The molecule has 106 valence electrons. The Bertz CT molecular complexity index is 435. The van der Waals surface area contributed by atoms with Gasteiger partial charge < -0.3 is 4.55 Å². The molecule has 0 saturated carbocycles. The van der Waals surface area contributed by atoms with Crippen LogP contribution in [-0.4, -0.2) is 21.7 Å². The normalized spacial score (nSPS) is 14.9. The van der Waals surface area contributed by atoms with E-state index in [2.05, 4.69) is 4.40 Å². The van der Waals surface area contributed by atoms with E-state index in [0.717, 1.165) is 0 Å². The van der Waals surface area contributed by atoms with E-state index < -0.39 is 28.7 Å². The number of alkyl halides is 3. The molecule has 0 aromatic heterocycles. The molecule has 1 unspecified atom stereocenters. The average Bonchev–Trinajstić information content (AvgIpc) is 2.24. The van der Waals surface area contributed by atoms with Gasteiger partial charge in [0.2, 0.25) is 0 Å². The van der Waals surface area contributed by atoms with Gasteiger partial charge >= 0.3 is 6.18 Å². The molecule has 1 atom stereocenters. The smallest absolute Gasteiger partial charge is 0.393 e. The average molecular weight is 291 g/mol. The van der Waals surface area contributed by atoms with Crippen molar-refractivity contribution in [3.05, 3.63) is 35.4 Å². The van der Waals surface area contributed by atoms with Gasteiger partial charge in [-0.15, -0.1) is 0 Å². The zero-order chi connectivity index (χ0) is 14.7. The van der Waals surface area contributed by atoms with Crippen molar-refractivity contribution in [3.8, 4) is 0 Å². The highest BCUT2D eigenvalue weighted by molar-refractivity contribution is 7.91. The molecule has 0 aliphatic heterocycles. The molecule has 0 amide bonds. The van der Waals surface area contributed by atoms with E-state index in [9.17, 15) is 17.7 Å². The van der Waals surface area contributed by atoms with Gasteiger partial charge in [0.25, 0.3) is 0 Å². The fraction of sp³-hybridized carbons (Fsp3) is 0.462. The van der Waals surface area contributed by atoms with Crippen LogP contribution in [0, 0.1) is 0 Å². The van der Waals surface area contributed by atoms with E-state index in [1.165, 1.54) is 30.5 Å². The maximum atomic E-state index is 12.2. The maximum Gasteiger partial charge on any atom is 0.393 e. The number of nitrogens with zero attached hydrogens (tertiary/aromatic N) is 1. The minimum Gasteiger partial charge on any atom is -0.591 e. The summed E-state index contributed by atoms with van der Waals surface area (Å²) in [7, 11) is 0. The molecule has 1 rings (SSSR count). The standard InChI is InChI=1S/C13H16F3NOS/c1-12(2,3)19(18)17-9-11-6-4-10(5-7-11)8-13(14,15)16/h4-7,9H,8H2,1-3H3. The van der Waals surface area contributed by atoms with Crippen LogP contribution < -0.4 is 0 Å². The minimum absolute atomic E-state index is 0.196. The van der Waals surface area contributed by atoms with Crippen molar-refractivity contribution in [1.82, 2.24) is 0 Å². The van der Waals surface area contributed by atoms with E-state index in [4.69, 9.17) is 0 Å². The molecule has 0 radical (unpaired) electrons. The van der Waals surface area contributed by atoms with E-state index in [1.807, 2.05) is 0 Å². The largest absolute Gasteiger partial charge is 0.591 e. The van der Waals surface area contributed by atoms with Crippen molar-refractivity contribution >= 4 is 17.6 Å². The number of benzene rings is 1. The summed E-state index contributed by atoms with van der Waals surface area (Å²) in [6, 6.07) is 5.86. The van der Waals surface area contributed by atoms with Gasteiger partial charge in [-0.2, -0.15) is 13.2 Å². The highest BCUT2D eigenvalue weighted by Gasteiger charge is 2.27. The van der Waals surface area contributed by atoms with Crippen LogP contribution in [0.25, 0.3) is 0 Å². The zero-order valence-electron chi connectivity index (χ0n) is 11.0. The van der Waals surface area contributed by atoms with E-state index in [1.54, 1.807) is 20.8 Å². The van der Waals surface area contributed by atoms with Gasteiger partial charge in [0.15, 0.2) is 0 Å². The highest BCUT2D eigenvalue weighted by atomic mass is 32.2. The summed E-state index contributed by atoms with van der Waals surface area (Å²) >= 11 is -1.37. The van der Waals surface area contributed by atoms with Crippen LogP contribution in [-0.2, 0) is 17.8 Å². The summed E-state index contributed by atoms with van der Waals surface area (Å²) in [5, 5.41) is 0. The molecule has 19 heavy (non-hydrogen) atoms. The SMILES string of the molecule is CC(C)(C)[S+]([O-])N=Cc1ccc(CC(F)(F)F)cc1. The van der Waals surface area contributed by atoms with Crippen LogP contribution in [0.3, 0.4) is 0 Å². The molecule has 0 aliphatic rings. The van der Waals surface area contributed by atoms with Crippen molar-refractivity contribution in [1.29, 1.82) is 0 Å². The number of hydrogen-bond donors (Lipinski definition) is 0. The second-order valence-corrected chi connectivity index (χ2v) is 7.06. The van der Waals surface area contributed by atoms with Crippen LogP contribution in [0.2, 0.25) is 0 Å². The summed E-state index contributed by atoms with van der Waals surface area (Å²) < 4.78 is 51.6. The molecule has 2 nitrogen and oxygen atoms in total. The summed E-state index contributed by atoms with van der Waals surface area (Å²) in [6.07, 6.45) is -3.74. The molecule has 0 bridgehead atoms. The van der Waals surface area contributed by atoms with Gasteiger partial charge in [-0.3, -0.25) is 0 Å². The Kier molecular flexibility index (Phi) is 5.04. The first-order chi connectivity index (χ1) is 8.58. The molecule has 0 spiro atoms. The van der Waals surface area contributed by atoms with Crippen molar-refractivity contribution in [2.45, 2.75) is 38.1 Å². The lowest BCUT2D eigenvalue weighted by atomic mass is 10.1. The molecule has 0 aliphatic carbocycles. The Labute approximate surface area is 114 Å². The monoisotopic (exact) mass is 291 g/mol. The first kappa shape index (κ1) is 16.0. The predicted octanol–water partition coefficient (Wildman–Crippen LogP) is 3.67. The van der Waals surface area contributed by atoms with E-state index in [-0.39, 0.29) is 5.56 Å². The van der Waals surface area contributed by atoms with Gasteiger partial charge in [0.1, 0.15) is 16.1 Å². The lowest BCUT2D eigenvalue weighted by Crippen LogP contribution is -2.25. The van der Waals surface area contributed by atoms with E-state index in [0.29, 0.717) is 5.56 Å². The Balaban J connectivity index is 2.70. The predicted molar refractivity (Wildman–Crippen MR) is 71.7 cm³/mol. The molecule has 0 N–H and O–H groups in total. The maximum absolute atomic E-state index is 12.2. The van der Waals surface area contributed by atoms with Crippen molar-refractivity contribution in [3.63, 3.8) is 0 Å². The van der Waals surface area contributed by atoms with Crippen LogP contribution in [0.1, 0.15) is 31.9 Å². The third kappa shape index (κ3) is 6.11. The second-order valence-electron chi connectivity index (χ2n) is 5.13. The summed E-state index contributed by atoms with van der Waals surface area (Å²) in [6.45, 7) is 5.40. The lowest BCUT2D eigenvalue weighted by Gasteiger charge is -2.17. The lowest BCUT2D eigenvalue weighted by molar-refractivity contribution is -0.127. The Morgan fingerprint density at radius 3 is 2.11 bits per heavy atom. The molecular weight excluding hydrogens is 275 g/mol. The quantitative estimate of drug-likeness (QED) is 0.618. The van der Waals surface area contributed by atoms with Gasteiger partial charge in [-0.1, -0.05) is 28.7 Å². The molecular formula is C13H16F3NOS. The van der Waals surface area contributed by atoms with E-state index >= 15 is 0 Å². The highest BCUT2D eigenvalue weighted by Crippen LogP contribution is 2.21. The third-order valence-electron chi connectivity index (χ3n) is 2.21. The van der Waals surface area contributed by atoms with Gasteiger partial charge in [-0.25, -0.2) is 0 Å². The number of hydrogen-bond acceptors (Lipinski definition) is 2. The van der Waals surface area contributed by atoms with Gasteiger partial charge in [-0.05, 0) is 31.9 Å². The summed E-state index contributed by atoms with van der Waals surface area (Å²) in [5.74, 6) is 0. The summed E-state index contributed by atoms with van der Waals surface area (Å²) in [4.78, 5) is 0. The van der Waals surface area contributed by atoms with Gasteiger partial charge in [0.05, 0.1) is 12.6 Å². The first-order valence-corrected chi connectivity index (χ1v) is 6.80. The first-order valence-electron chi connectivity index (χ1n) is 5.70. The molecule has 1 aromatic carbocycles.